The lowest BCUT2D eigenvalue weighted by Gasteiger charge is -2.11. The van der Waals surface area contributed by atoms with E-state index in [0.717, 1.165) is 36.1 Å². The van der Waals surface area contributed by atoms with Gasteiger partial charge in [0.15, 0.2) is 0 Å². The Bertz CT molecular complexity index is 996. The highest BCUT2D eigenvalue weighted by molar-refractivity contribution is 5.90. The molecule has 3 aromatic rings. The Balaban J connectivity index is 2.08. The van der Waals surface area contributed by atoms with Crippen molar-refractivity contribution >= 4 is 11.9 Å². The summed E-state index contributed by atoms with van der Waals surface area (Å²) in [7, 11) is 0. The van der Waals surface area contributed by atoms with Crippen molar-refractivity contribution in [2.75, 3.05) is 0 Å². The summed E-state index contributed by atoms with van der Waals surface area (Å²) in [5, 5.41) is 18.2. The van der Waals surface area contributed by atoms with E-state index >= 15 is 0 Å². The van der Waals surface area contributed by atoms with Crippen LogP contribution in [0.2, 0.25) is 0 Å². The molecule has 28 heavy (non-hydrogen) atoms. The van der Waals surface area contributed by atoms with E-state index in [1.54, 1.807) is 30.5 Å². The van der Waals surface area contributed by atoms with Crippen LogP contribution >= 0.6 is 0 Å². The first-order valence-electron chi connectivity index (χ1n) is 9.03. The van der Waals surface area contributed by atoms with Crippen molar-refractivity contribution in [1.29, 1.82) is 0 Å². The molecule has 0 amide bonds. The molecule has 6 heteroatoms. The number of carboxylic acid groups (broad SMARTS) is 2. The smallest absolute Gasteiger partial charge is 0.335 e. The van der Waals surface area contributed by atoms with Crippen molar-refractivity contribution in [3.8, 4) is 22.5 Å². The number of nitrogens with zero attached hydrogens (tertiary/aromatic N) is 2. The molecule has 0 saturated heterocycles. The maximum atomic E-state index is 11.1. The average Bonchev–Trinajstić information content (AvgIpc) is 2.72. The summed E-state index contributed by atoms with van der Waals surface area (Å²) in [6.45, 7) is 2.11. The molecule has 142 valence electrons. The van der Waals surface area contributed by atoms with Gasteiger partial charge in [0, 0.05) is 17.3 Å². The van der Waals surface area contributed by atoms with Crippen molar-refractivity contribution in [2.45, 2.75) is 26.2 Å². The Hall–Kier alpha value is -3.54. The first-order chi connectivity index (χ1) is 13.5. The molecule has 1 aromatic heterocycles. The molecule has 6 nitrogen and oxygen atoms in total. The van der Waals surface area contributed by atoms with Gasteiger partial charge in [-0.2, -0.15) is 0 Å². The molecule has 0 atom stereocenters. The molecule has 2 aromatic carbocycles. The van der Waals surface area contributed by atoms with Crippen LogP contribution < -0.4 is 0 Å². The fourth-order valence-corrected chi connectivity index (χ4v) is 2.86. The van der Waals surface area contributed by atoms with Crippen molar-refractivity contribution in [1.82, 2.24) is 9.97 Å². The number of unbranched alkanes of at least 4 members (excludes halogenated alkanes) is 1. The van der Waals surface area contributed by atoms with Gasteiger partial charge in [-0.3, -0.25) is 4.98 Å². The Kier molecular flexibility index (Phi) is 5.79. The number of hydrogen-bond acceptors (Lipinski definition) is 4. The molecular weight excluding hydrogens is 356 g/mol. The van der Waals surface area contributed by atoms with Crippen LogP contribution in [0.3, 0.4) is 0 Å². The molecule has 2 N–H and O–H groups in total. The van der Waals surface area contributed by atoms with Crippen LogP contribution in [-0.2, 0) is 6.42 Å². The lowest BCUT2D eigenvalue weighted by molar-refractivity contribution is 0.0686. The standard InChI is InChI=1S/C22H20N2O4/c1-2-3-4-18-13-23-19(14-5-9-16(10-6-14)21(25)26)20(24-18)15-7-11-17(12-8-15)22(27)28/h5-13H,2-4H2,1H3,(H,25,26)(H,27,28). The maximum absolute atomic E-state index is 11.1. The largest absolute Gasteiger partial charge is 0.478 e. The van der Waals surface area contributed by atoms with Crippen LogP contribution in [0.4, 0.5) is 0 Å². The van der Waals surface area contributed by atoms with Crippen LogP contribution in [-0.4, -0.2) is 32.1 Å². The van der Waals surface area contributed by atoms with Crippen LogP contribution in [0.15, 0.2) is 54.7 Å². The van der Waals surface area contributed by atoms with Crippen LogP contribution in [0.25, 0.3) is 22.5 Å². The number of benzene rings is 2. The Morgan fingerprint density at radius 2 is 1.32 bits per heavy atom. The molecule has 0 saturated carbocycles. The summed E-state index contributed by atoms with van der Waals surface area (Å²) in [6, 6.07) is 13.0. The van der Waals surface area contributed by atoms with Crippen LogP contribution in [0.1, 0.15) is 46.2 Å². The predicted molar refractivity (Wildman–Crippen MR) is 105 cm³/mol. The van der Waals surface area contributed by atoms with Gasteiger partial charge in [-0.05, 0) is 37.1 Å². The highest BCUT2D eigenvalue weighted by atomic mass is 16.4. The summed E-state index contributed by atoms with van der Waals surface area (Å²) in [5.41, 5.74) is 4.04. The molecule has 1 heterocycles. The molecule has 0 unspecified atom stereocenters. The number of aryl methyl sites for hydroxylation is 1. The number of carboxylic acids is 2. The third-order valence-corrected chi connectivity index (χ3v) is 4.42. The zero-order valence-corrected chi connectivity index (χ0v) is 15.4. The second-order valence-electron chi connectivity index (χ2n) is 6.43. The summed E-state index contributed by atoms with van der Waals surface area (Å²) in [6.07, 6.45) is 4.59. The SMILES string of the molecule is CCCCc1cnc(-c2ccc(C(=O)O)cc2)c(-c2ccc(C(=O)O)cc2)n1. The Morgan fingerprint density at radius 1 is 0.821 bits per heavy atom. The summed E-state index contributed by atoms with van der Waals surface area (Å²) in [5.74, 6) is -1.98. The first kappa shape index (κ1) is 19.2. The minimum atomic E-state index is -0.989. The second kappa shape index (κ2) is 8.43. The van der Waals surface area contributed by atoms with E-state index in [1.807, 2.05) is 0 Å². The van der Waals surface area contributed by atoms with E-state index in [9.17, 15) is 9.59 Å². The topological polar surface area (TPSA) is 100 Å². The van der Waals surface area contributed by atoms with E-state index in [-0.39, 0.29) is 11.1 Å². The molecule has 0 radical (unpaired) electrons. The molecule has 0 aliphatic carbocycles. The van der Waals surface area contributed by atoms with Gasteiger partial charge in [0.2, 0.25) is 0 Å². The third-order valence-electron chi connectivity index (χ3n) is 4.42. The van der Waals surface area contributed by atoms with Crippen molar-refractivity contribution in [3.63, 3.8) is 0 Å². The van der Waals surface area contributed by atoms with Gasteiger partial charge in [0.05, 0.1) is 28.2 Å². The van der Waals surface area contributed by atoms with Gasteiger partial charge in [-0.15, -0.1) is 0 Å². The summed E-state index contributed by atoms with van der Waals surface area (Å²) in [4.78, 5) is 31.6. The first-order valence-corrected chi connectivity index (χ1v) is 9.03. The number of hydrogen-bond donors (Lipinski definition) is 2. The zero-order chi connectivity index (χ0) is 20.1. The van der Waals surface area contributed by atoms with Gasteiger partial charge in [-0.25, -0.2) is 14.6 Å². The molecule has 0 bridgehead atoms. The van der Waals surface area contributed by atoms with Gasteiger partial charge in [-0.1, -0.05) is 37.6 Å². The van der Waals surface area contributed by atoms with E-state index < -0.39 is 11.9 Å². The average molecular weight is 376 g/mol. The highest BCUT2D eigenvalue weighted by Crippen LogP contribution is 2.29. The fraction of sp³-hybridized carbons (Fsp3) is 0.182. The fourth-order valence-electron chi connectivity index (χ4n) is 2.86. The predicted octanol–water partition coefficient (Wildman–Crippen LogP) is 4.55. The highest BCUT2D eigenvalue weighted by Gasteiger charge is 2.14. The summed E-state index contributed by atoms with van der Waals surface area (Å²) >= 11 is 0. The normalized spacial score (nSPS) is 10.6. The molecule has 3 rings (SSSR count). The minimum Gasteiger partial charge on any atom is -0.478 e. The lowest BCUT2D eigenvalue weighted by atomic mass is 10.0. The van der Waals surface area contributed by atoms with Gasteiger partial charge >= 0.3 is 11.9 Å². The molecule has 0 aliphatic rings. The maximum Gasteiger partial charge on any atom is 0.335 e. The van der Waals surface area contributed by atoms with Crippen LogP contribution in [0.5, 0.6) is 0 Å². The van der Waals surface area contributed by atoms with E-state index in [0.29, 0.717) is 11.4 Å². The van der Waals surface area contributed by atoms with Crippen LogP contribution in [0, 0.1) is 0 Å². The van der Waals surface area contributed by atoms with E-state index in [1.165, 1.54) is 24.3 Å². The number of aromatic carboxylic acids is 2. The molecular formula is C22H20N2O4. The van der Waals surface area contributed by atoms with Gasteiger partial charge < -0.3 is 10.2 Å². The number of rotatable bonds is 7. The monoisotopic (exact) mass is 376 g/mol. The Labute approximate surface area is 162 Å². The van der Waals surface area contributed by atoms with Gasteiger partial charge in [0.1, 0.15) is 0 Å². The zero-order valence-electron chi connectivity index (χ0n) is 15.4. The Morgan fingerprint density at radius 3 is 1.79 bits per heavy atom. The minimum absolute atomic E-state index is 0.198. The van der Waals surface area contributed by atoms with Crippen molar-refractivity contribution in [3.05, 3.63) is 71.5 Å². The number of carbonyl (C=O) groups is 2. The second-order valence-corrected chi connectivity index (χ2v) is 6.43. The summed E-state index contributed by atoms with van der Waals surface area (Å²) < 4.78 is 0. The van der Waals surface area contributed by atoms with E-state index in [2.05, 4.69) is 11.9 Å². The quantitative estimate of drug-likeness (QED) is 0.627. The van der Waals surface area contributed by atoms with E-state index in [4.69, 9.17) is 15.2 Å². The van der Waals surface area contributed by atoms with Crippen molar-refractivity contribution < 1.29 is 19.8 Å². The molecule has 0 aliphatic heterocycles. The molecule has 0 spiro atoms. The lowest BCUT2D eigenvalue weighted by Crippen LogP contribution is -2.01. The van der Waals surface area contributed by atoms with Crippen molar-refractivity contribution in [2.24, 2.45) is 0 Å². The third kappa shape index (κ3) is 4.23. The van der Waals surface area contributed by atoms with Gasteiger partial charge in [0.25, 0.3) is 0 Å². The molecule has 0 fully saturated rings. The number of aromatic nitrogens is 2.